The maximum Gasteiger partial charge on any atom is 0.0796 e. The lowest BCUT2D eigenvalue weighted by molar-refractivity contribution is 0.692. The van der Waals surface area contributed by atoms with E-state index in [9.17, 15) is 0 Å². The van der Waals surface area contributed by atoms with E-state index in [2.05, 4.69) is 39.0 Å². The summed E-state index contributed by atoms with van der Waals surface area (Å²) in [6, 6.07) is 0. The Morgan fingerprint density at radius 2 is 1.67 bits per heavy atom. The largest absolute Gasteiger partial charge is 0.0900 e. The van der Waals surface area contributed by atoms with E-state index in [-0.39, 0.29) is 0 Å². The van der Waals surface area contributed by atoms with Crippen molar-refractivity contribution in [3.05, 3.63) is 0 Å². The lowest BCUT2D eigenvalue weighted by Crippen LogP contribution is -2.07. The predicted octanol–water partition coefficient (Wildman–Crippen LogP) is 4.00. The van der Waals surface area contributed by atoms with Gasteiger partial charge in [0.1, 0.15) is 0 Å². The number of rotatable bonds is 4. The van der Waals surface area contributed by atoms with Crippen molar-refractivity contribution >= 4 is 33.2 Å². The van der Waals surface area contributed by atoms with Gasteiger partial charge in [-0.1, -0.05) is 55.2 Å². The second-order valence-corrected chi connectivity index (χ2v) is 6.32. The molecule has 1 atom stereocenters. The summed E-state index contributed by atoms with van der Waals surface area (Å²) in [7, 11) is 3.68. The van der Waals surface area contributed by atoms with Crippen LogP contribution in [-0.4, -0.2) is 10.5 Å². The molecule has 0 saturated carbocycles. The van der Waals surface area contributed by atoms with E-state index in [0.29, 0.717) is 16.4 Å². The fourth-order valence-corrected chi connectivity index (χ4v) is 3.22. The molecule has 0 bridgehead atoms. The third-order valence-electron chi connectivity index (χ3n) is 1.15. The van der Waals surface area contributed by atoms with Crippen LogP contribution in [0.3, 0.4) is 0 Å². The quantitative estimate of drug-likeness (QED) is 0.521. The Morgan fingerprint density at radius 3 is 2.00 bits per heavy atom. The zero-order chi connectivity index (χ0) is 9.56. The van der Waals surface area contributed by atoms with Gasteiger partial charge in [0.25, 0.3) is 0 Å². The van der Waals surface area contributed by atoms with Crippen LogP contribution in [0.15, 0.2) is 0 Å². The van der Waals surface area contributed by atoms with Gasteiger partial charge in [0.05, 0.1) is 5.25 Å². The first-order valence-electron chi connectivity index (χ1n) is 4.01. The minimum atomic E-state index is 0.356. The Labute approximate surface area is 88.6 Å². The minimum absolute atomic E-state index is 0.356. The van der Waals surface area contributed by atoms with Crippen LogP contribution in [-0.2, 0) is 0 Å². The van der Waals surface area contributed by atoms with Gasteiger partial charge in [-0.3, -0.25) is 0 Å². The standard InChI is InChI=1S/C9H15ClS2/c1-7(2)9(5-6-10)12-11-8(3)4/h7-9H,1-4H3. The molecule has 0 N–H and O–H groups in total. The van der Waals surface area contributed by atoms with Gasteiger partial charge >= 0.3 is 0 Å². The lowest BCUT2D eigenvalue weighted by Gasteiger charge is -2.14. The predicted molar refractivity (Wildman–Crippen MR) is 62.6 cm³/mol. The molecule has 0 fully saturated rings. The fraction of sp³-hybridized carbons (Fsp3) is 0.778. The van der Waals surface area contributed by atoms with E-state index < -0.39 is 0 Å². The maximum atomic E-state index is 5.37. The topological polar surface area (TPSA) is 0 Å². The highest BCUT2D eigenvalue weighted by Crippen LogP contribution is 2.33. The van der Waals surface area contributed by atoms with Crippen molar-refractivity contribution in [1.82, 2.24) is 0 Å². The van der Waals surface area contributed by atoms with E-state index in [1.807, 2.05) is 21.6 Å². The molecule has 0 nitrogen and oxygen atoms in total. The van der Waals surface area contributed by atoms with Gasteiger partial charge in [-0.2, -0.15) is 0 Å². The van der Waals surface area contributed by atoms with Crippen molar-refractivity contribution in [3.63, 3.8) is 0 Å². The van der Waals surface area contributed by atoms with Crippen molar-refractivity contribution in [2.75, 3.05) is 0 Å². The van der Waals surface area contributed by atoms with Crippen LogP contribution in [0, 0.1) is 17.2 Å². The summed E-state index contributed by atoms with van der Waals surface area (Å²) in [5.41, 5.74) is 0. The van der Waals surface area contributed by atoms with E-state index in [0.717, 1.165) is 0 Å². The Bertz CT molecular complexity index is 167. The van der Waals surface area contributed by atoms with Gasteiger partial charge in [0, 0.05) is 10.6 Å². The normalized spacial score (nSPS) is 12.9. The first kappa shape index (κ1) is 12.6. The average molecular weight is 223 g/mol. The number of hydrogen-bond donors (Lipinski definition) is 0. The smallest absolute Gasteiger partial charge is 0.0796 e. The van der Waals surface area contributed by atoms with Crippen molar-refractivity contribution in [2.24, 2.45) is 5.92 Å². The summed E-state index contributed by atoms with van der Waals surface area (Å²) in [5, 5.41) is 3.46. The highest BCUT2D eigenvalue weighted by atomic mass is 35.5. The van der Waals surface area contributed by atoms with Gasteiger partial charge in [-0.25, -0.2) is 0 Å². The first-order chi connectivity index (χ1) is 5.57. The molecule has 0 saturated heterocycles. The third-order valence-corrected chi connectivity index (χ3v) is 4.74. The molecular formula is C9H15ClS2. The second-order valence-electron chi connectivity index (χ2n) is 3.14. The zero-order valence-electron chi connectivity index (χ0n) is 7.93. The van der Waals surface area contributed by atoms with Crippen LogP contribution in [0.25, 0.3) is 0 Å². The molecule has 12 heavy (non-hydrogen) atoms. The van der Waals surface area contributed by atoms with Gasteiger partial charge < -0.3 is 0 Å². The monoisotopic (exact) mass is 222 g/mol. The SMILES string of the molecule is CC(C)SSC(C#CCl)C(C)C. The van der Waals surface area contributed by atoms with Gasteiger partial charge in [0.2, 0.25) is 0 Å². The van der Waals surface area contributed by atoms with Crippen LogP contribution in [0.4, 0.5) is 0 Å². The fourth-order valence-electron chi connectivity index (χ4n) is 0.527. The van der Waals surface area contributed by atoms with Gasteiger partial charge in [-0.05, 0) is 17.5 Å². The molecule has 0 radical (unpaired) electrons. The van der Waals surface area contributed by atoms with E-state index in [1.165, 1.54) is 0 Å². The van der Waals surface area contributed by atoms with Crippen LogP contribution >= 0.6 is 33.2 Å². The van der Waals surface area contributed by atoms with Crippen molar-refractivity contribution in [2.45, 2.75) is 38.2 Å². The lowest BCUT2D eigenvalue weighted by atomic mass is 10.1. The van der Waals surface area contributed by atoms with Gasteiger partial charge in [0.15, 0.2) is 0 Å². The number of hydrogen-bond acceptors (Lipinski definition) is 2. The second kappa shape index (κ2) is 7.00. The van der Waals surface area contributed by atoms with Crippen LogP contribution < -0.4 is 0 Å². The van der Waals surface area contributed by atoms with Crippen LogP contribution in [0.1, 0.15) is 27.7 Å². The molecule has 0 aromatic rings. The highest BCUT2D eigenvalue weighted by molar-refractivity contribution is 8.77. The van der Waals surface area contributed by atoms with Crippen molar-refractivity contribution in [3.8, 4) is 11.3 Å². The van der Waals surface area contributed by atoms with E-state index in [1.54, 1.807) is 0 Å². The molecule has 0 rings (SSSR count). The first-order valence-corrected chi connectivity index (χ1v) is 6.66. The molecule has 0 aliphatic carbocycles. The molecule has 1 unspecified atom stereocenters. The summed E-state index contributed by atoms with van der Waals surface area (Å²) in [6.45, 7) is 8.70. The molecule has 0 amide bonds. The summed E-state index contributed by atoms with van der Waals surface area (Å²) in [4.78, 5) is 0. The summed E-state index contributed by atoms with van der Waals surface area (Å²) in [5.74, 6) is 3.56. The van der Waals surface area contributed by atoms with Crippen LogP contribution in [0.2, 0.25) is 0 Å². The van der Waals surface area contributed by atoms with Gasteiger partial charge in [-0.15, -0.1) is 0 Å². The van der Waals surface area contributed by atoms with Crippen molar-refractivity contribution < 1.29 is 0 Å². The minimum Gasteiger partial charge on any atom is -0.0900 e. The molecule has 0 heterocycles. The van der Waals surface area contributed by atoms with E-state index >= 15 is 0 Å². The molecule has 70 valence electrons. The average Bonchev–Trinajstić information content (AvgIpc) is 1.96. The molecular weight excluding hydrogens is 208 g/mol. The maximum absolute atomic E-state index is 5.37. The van der Waals surface area contributed by atoms with Crippen molar-refractivity contribution in [1.29, 1.82) is 0 Å². The Hall–Kier alpha value is 0.550. The zero-order valence-corrected chi connectivity index (χ0v) is 10.3. The molecule has 0 aliphatic heterocycles. The van der Waals surface area contributed by atoms with E-state index in [4.69, 9.17) is 11.6 Å². The summed E-state index contributed by atoms with van der Waals surface area (Å²) >= 11 is 5.37. The Balaban J connectivity index is 3.85. The molecule has 0 aromatic carbocycles. The Morgan fingerprint density at radius 1 is 1.08 bits per heavy atom. The third kappa shape index (κ3) is 6.11. The number of halogens is 1. The Kier molecular flexibility index (Phi) is 7.32. The molecule has 0 aliphatic rings. The summed E-state index contributed by atoms with van der Waals surface area (Å²) in [6.07, 6.45) is 0. The highest BCUT2D eigenvalue weighted by Gasteiger charge is 2.11. The van der Waals surface area contributed by atoms with Crippen LogP contribution in [0.5, 0.6) is 0 Å². The molecule has 0 spiro atoms. The molecule has 3 heteroatoms. The molecule has 0 aromatic heterocycles. The summed E-state index contributed by atoms with van der Waals surface area (Å²) < 4.78 is 0.